The lowest BCUT2D eigenvalue weighted by Crippen LogP contribution is -2.21. The highest BCUT2D eigenvalue weighted by Gasteiger charge is 2.28. The Bertz CT molecular complexity index is 554. The number of aliphatic hydroxyl groups excluding tert-OH is 1. The average molecular weight is 282 g/mol. The van der Waals surface area contributed by atoms with Gasteiger partial charge in [-0.3, -0.25) is 0 Å². The van der Waals surface area contributed by atoms with Gasteiger partial charge in [0, 0.05) is 5.56 Å². The Morgan fingerprint density at radius 3 is 2.62 bits per heavy atom. The summed E-state index contributed by atoms with van der Waals surface area (Å²) in [6, 6.07) is 9.85. The summed E-state index contributed by atoms with van der Waals surface area (Å²) in [5.74, 6) is 6.01. The lowest BCUT2D eigenvalue weighted by atomic mass is 9.71. The Morgan fingerprint density at radius 1 is 1.24 bits per heavy atom. The van der Waals surface area contributed by atoms with Crippen LogP contribution < -0.4 is 0 Å². The zero-order chi connectivity index (χ0) is 15.3. The molecule has 2 rings (SSSR count). The van der Waals surface area contributed by atoms with Gasteiger partial charge in [0.25, 0.3) is 0 Å². The maximum Gasteiger partial charge on any atom is 0.115 e. The first-order valence-electron chi connectivity index (χ1n) is 7.93. The predicted octanol–water partition coefficient (Wildman–Crippen LogP) is 4.71. The normalized spacial score (nSPS) is 18.9. The zero-order valence-corrected chi connectivity index (χ0v) is 13.4. The van der Waals surface area contributed by atoms with Gasteiger partial charge in [0.15, 0.2) is 0 Å². The topological polar surface area (TPSA) is 20.2 Å². The van der Waals surface area contributed by atoms with Crippen LogP contribution in [0.1, 0.15) is 58.4 Å². The molecule has 0 heterocycles. The molecule has 0 saturated heterocycles. The lowest BCUT2D eigenvalue weighted by Gasteiger charge is -2.35. The van der Waals surface area contributed by atoms with Crippen LogP contribution in [0.4, 0.5) is 0 Å². The summed E-state index contributed by atoms with van der Waals surface area (Å²) >= 11 is 0. The number of rotatable bonds is 3. The Morgan fingerprint density at radius 2 is 1.95 bits per heavy atom. The summed E-state index contributed by atoms with van der Waals surface area (Å²) in [4.78, 5) is 0. The highest BCUT2D eigenvalue weighted by molar-refractivity contribution is 5.34. The van der Waals surface area contributed by atoms with Gasteiger partial charge in [-0.15, -0.1) is 0 Å². The van der Waals surface area contributed by atoms with E-state index in [0.717, 1.165) is 18.4 Å². The van der Waals surface area contributed by atoms with Gasteiger partial charge in [0.2, 0.25) is 0 Å². The van der Waals surface area contributed by atoms with Crippen molar-refractivity contribution in [2.75, 3.05) is 0 Å². The van der Waals surface area contributed by atoms with Crippen LogP contribution in [0.5, 0.6) is 0 Å². The van der Waals surface area contributed by atoms with Crippen molar-refractivity contribution in [2.45, 2.75) is 59.0 Å². The second-order valence-electron chi connectivity index (χ2n) is 6.69. The average Bonchev–Trinajstić information content (AvgIpc) is 2.45. The minimum atomic E-state index is -0.539. The molecule has 0 spiro atoms. The molecule has 0 amide bonds. The quantitative estimate of drug-likeness (QED) is 0.629. The Balaban J connectivity index is 1.95. The van der Waals surface area contributed by atoms with Crippen molar-refractivity contribution < 1.29 is 5.11 Å². The van der Waals surface area contributed by atoms with Crippen LogP contribution in [0.2, 0.25) is 0 Å². The third-order valence-electron chi connectivity index (χ3n) is 4.51. The summed E-state index contributed by atoms with van der Waals surface area (Å²) in [6.45, 7) is 6.90. The van der Waals surface area contributed by atoms with Gasteiger partial charge in [-0.05, 0) is 56.6 Å². The lowest BCUT2D eigenvalue weighted by molar-refractivity contribution is 0.217. The van der Waals surface area contributed by atoms with Crippen molar-refractivity contribution in [3.8, 4) is 11.8 Å². The first-order valence-corrected chi connectivity index (χ1v) is 7.93. The minimum absolute atomic E-state index is 0.287. The van der Waals surface area contributed by atoms with Gasteiger partial charge < -0.3 is 5.11 Å². The fourth-order valence-electron chi connectivity index (χ4n) is 3.27. The molecule has 1 aromatic rings. The first-order chi connectivity index (χ1) is 9.99. The van der Waals surface area contributed by atoms with Gasteiger partial charge in [-0.1, -0.05) is 55.0 Å². The van der Waals surface area contributed by atoms with E-state index in [4.69, 9.17) is 0 Å². The van der Waals surface area contributed by atoms with Gasteiger partial charge >= 0.3 is 0 Å². The molecular formula is C20H26O. The molecule has 112 valence electrons. The van der Waals surface area contributed by atoms with Gasteiger partial charge in [0.1, 0.15) is 6.10 Å². The van der Waals surface area contributed by atoms with Crippen LogP contribution in [-0.4, -0.2) is 11.2 Å². The largest absolute Gasteiger partial charge is 0.380 e. The molecular weight excluding hydrogens is 256 g/mol. The molecule has 1 N–H and O–H groups in total. The fraction of sp³-hybridized carbons (Fsp3) is 0.500. The molecule has 1 aliphatic carbocycles. The van der Waals surface area contributed by atoms with E-state index in [2.05, 4.69) is 32.6 Å². The zero-order valence-electron chi connectivity index (χ0n) is 13.4. The van der Waals surface area contributed by atoms with Crippen LogP contribution >= 0.6 is 0 Å². The van der Waals surface area contributed by atoms with Crippen LogP contribution in [0.15, 0.2) is 41.5 Å². The van der Waals surface area contributed by atoms with Crippen molar-refractivity contribution in [3.05, 3.63) is 47.0 Å². The van der Waals surface area contributed by atoms with E-state index in [1.807, 2.05) is 30.3 Å². The maximum atomic E-state index is 10.1. The number of aliphatic hydroxyl groups is 1. The van der Waals surface area contributed by atoms with Crippen molar-refractivity contribution in [3.63, 3.8) is 0 Å². The third-order valence-corrected chi connectivity index (χ3v) is 4.51. The van der Waals surface area contributed by atoms with Crippen molar-refractivity contribution >= 4 is 0 Å². The van der Waals surface area contributed by atoms with Gasteiger partial charge in [0.05, 0.1) is 0 Å². The number of hydrogen-bond donors (Lipinski definition) is 1. The van der Waals surface area contributed by atoms with Crippen LogP contribution in [0.25, 0.3) is 0 Å². The first kappa shape index (κ1) is 15.9. The monoisotopic (exact) mass is 282 g/mol. The summed E-state index contributed by atoms with van der Waals surface area (Å²) in [5, 5.41) is 10.1. The second-order valence-corrected chi connectivity index (χ2v) is 6.69. The van der Waals surface area contributed by atoms with E-state index < -0.39 is 6.10 Å². The van der Waals surface area contributed by atoms with E-state index >= 15 is 0 Å². The van der Waals surface area contributed by atoms with E-state index in [-0.39, 0.29) is 5.41 Å². The third kappa shape index (κ3) is 4.48. The van der Waals surface area contributed by atoms with E-state index in [9.17, 15) is 5.11 Å². The van der Waals surface area contributed by atoms with Gasteiger partial charge in [-0.25, -0.2) is 0 Å². The Labute approximate surface area is 129 Å². The minimum Gasteiger partial charge on any atom is -0.380 e. The van der Waals surface area contributed by atoms with Crippen LogP contribution in [0, 0.1) is 17.3 Å². The second kappa shape index (κ2) is 6.96. The molecule has 0 aromatic heterocycles. The molecule has 0 bridgehead atoms. The SMILES string of the molecule is CC1=C(CCC(O)C#Cc2ccccc2)C(C)(C)CCC1. The standard InChI is InChI=1S/C20H26O/c1-16-8-7-15-20(2,3)19(16)14-13-18(21)12-11-17-9-5-4-6-10-17/h4-6,9-10,18,21H,7-8,13-15H2,1-3H3. The Hall–Kier alpha value is -1.52. The van der Waals surface area contributed by atoms with Crippen molar-refractivity contribution in [1.29, 1.82) is 0 Å². The van der Waals surface area contributed by atoms with Crippen molar-refractivity contribution in [2.24, 2.45) is 5.41 Å². The molecule has 0 saturated carbocycles. The molecule has 1 unspecified atom stereocenters. The van der Waals surface area contributed by atoms with E-state index in [1.54, 1.807) is 0 Å². The predicted molar refractivity (Wildman–Crippen MR) is 88.9 cm³/mol. The van der Waals surface area contributed by atoms with Crippen molar-refractivity contribution in [1.82, 2.24) is 0 Å². The smallest absolute Gasteiger partial charge is 0.115 e. The number of allylic oxidation sites excluding steroid dienone is 2. The summed E-state index contributed by atoms with van der Waals surface area (Å²) in [5.41, 5.74) is 4.31. The Kier molecular flexibility index (Phi) is 5.26. The van der Waals surface area contributed by atoms with Crippen LogP contribution in [0.3, 0.4) is 0 Å². The fourth-order valence-corrected chi connectivity index (χ4v) is 3.27. The molecule has 1 aromatic carbocycles. The molecule has 1 nitrogen and oxygen atoms in total. The number of hydrogen-bond acceptors (Lipinski definition) is 1. The maximum absolute atomic E-state index is 10.1. The summed E-state index contributed by atoms with van der Waals surface area (Å²) in [7, 11) is 0. The van der Waals surface area contributed by atoms with E-state index in [0.29, 0.717) is 0 Å². The van der Waals surface area contributed by atoms with E-state index in [1.165, 1.54) is 30.4 Å². The highest BCUT2D eigenvalue weighted by Crippen LogP contribution is 2.42. The number of benzene rings is 1. The van der Waals surface area contributed by atoms with Crippen LogP contribution in [-0.2, 0) is 0 Å². The molecule has 1 heteroatoms. The molecule has 21 heavy (non-hydrogen) atoms. The summed E-state index contributed by atoms with van der Waals surface area (Å²) < 4.78 is 0. The molecule has 1 atom stereocenters. The highest BCUT2D eigenvalue weighted by atomic mass is 16.3. The van der Waals surface area contributed by atoms with Gasteiger partial charge in [-0.2, -0.15) is 0 Å². The molecule has 1 aliphatic rings. The molecule has 0 aliphatic heterocycles. The molecule has 0 fully saturated rings. The molecule has 0 radical (unpaired) electrons. The summed E-state index contributed by atoms with van der Waals surface area (Å²) in [6.07, 6.45) is 4.91.